The Bertz CT molecular complexity index is 1200. The van der Waals surface area contributed by atoms with Gasteiger partial charge in [0.1, 0.15) is 5.84 Å². The lowest BCUT2D eigenvalue weighted by atomic mass is 10.0. The predicted molar refractivity (Wildman–Crippen MR) is 114 cm³/mol. The topological polar surface area (TPSA) is 133 Å². The number of anilines is 1. The number of aliphatic hydroxyl groups excluding tert-OH is 1. The number of ketones is 1. The minimum absolute atomic E-state index is 0.00520. The van der Waals surface area contributed by atoms with Crippen LogP contribution >= 0.6 is 0 Å². The SMILES string of the molecule is N=C(N)c1ccc2cc(CC(=O)c3ccc(N4CC(CO)=NC4=O)cc3)ncc2c1. The Morgan fingerprint density at radius 2 is 1.83 bits per heavy atom. The molecule has 1 aromatic heterocycles. The summed E-state index contributed by atoms with van der Waals surface area (Å²) in [5.41, 5.74) is 8.33. The maximum atomic E-state index is 12.7. The van der Waals surface area contributed by atoms with Gasteiger partial charge in [-0.3, -0.25) is 20.1 Å². The first-order valence-electron chi connectivity index (χ1n) is 9.30. The molecule has 0 aliphatic carbocycles. The number of rotatable bonds is 6. The lowest BCUT2D eigenvalue weighted by molar-refractivity contribution is 0.0992. The van der Waals surface area contributed by atoms with E-state index in [0.717, 1.165) is 10.8 Å². The van der Waals surface area contributed by atoms with E-state index in [4.69, 9.17) is 16.2 Å². The van der Waals surface area contributed by atoms with Gasteiger partial charge in [0.25, 0.3) is 0 Å². The van der Waals surface area contributed by atoms with E-state index in [0.29, 0.717) is 28.2 Å². The predicted octanol–water partition coefficient (Wildman–Crippen LogP) is 2.32. The van der Waals surface area contributed by atoms with Crippen molar-refractivity contribution in [2.75, 3.05) is 18.1 Å². The minimum Gasteiger partial charge on any atom is -0.390 e. The number of hydrogen-bond acceptors (Lipinski definition) is 5. The van der Waals surface area contributed by atoms with Crippen molar-refractivity contribution in [3.63, 3.8) is 0 Å². The van der Waals surface area contributed by atoms with Crippen molar-refractivity contribution in [3.8, 4) is 0 Å². The number of nitrogens with two attached hydrogens (primary N) is 1. The second kappa shape index (κ2) is 7.84. The van der Waals surface area contributed by atoms with E-state index in [-0.39, 0.29) is 31.2 Å². The summed E-state index contributed by atoms with van der Waals surface area (Å²) in [6, 6.07) is 13.6. The number of carbonyl (C=O) groups is 2. The molecule has 4 N–H and O–H groups in total. The van der Waals surface area contributed by atoms with Crippen molar-refractivity contribution >= 4 is 39.8 Å². The highest BCUT2D eigenvalue weighted by molar-refractivity contribution is 6.12. The number of pyridine rings is 1. The number of amidine groups is 1. The van der Waals surface area contributed by atoms with Crippen molar-refractivity contribution in [1.82, 2.24) is 4.98 Å². The second-order valence-corrected chi connectivity index (χ2v) is 7.00. The number of carbonyl (C=O) groups excluding carboxylic acids is 2. The van der Waals surface area contributed by atoms with Crippen molar-refractivity contribution < 1.29 is 14.7 Å². The largest absolute Gasteiger partial charge is 0.390 e. The van der Waals surface area contributed by atoms with Crippen LogP contribution in [0.1, 0.15) is 21.6 Å². The van der Waals surface area contributed by atoms with Crippen LogP contribution in [0.5, 0.6) is 0 Å². The van der Waals surface area contributed by atoms with E-state index in [1.807, 2.05) is 12.1 Å². The van der Waals surface area contributed by atoms with Crippen LogP contribution in [0.25, 0.3) is 10.8 Å². The molecule has 0 atom stereocenters. The summed E-state index contributed by atoms with van der Waals surface area (Å²) in [5.74, 6) is -0.0943. The van der Waals surface area contributed by atoms with Crippen LogP contribution in [0.2, 0.25) is 0 Å². The standard InChI is InChI=1S/C22H19N5O3/c23-21(24)15-2-1-14-8-17(25-10-16(14)7-15)9-20(29)13-3-5-19(6-4-13)27-11-18(12-28)26-22(27)30/h1-8,10,28H,9,11-12H2,(H3,23,24). The maximum absolute atomic E-state index is 12.7. The molecule has 0 unspecified atom stereocenters. The molecule has 0 radical (unpaired) electrons. The van der Waals surface area contributed by atoms with Gasteiger partial charge < -0.3 is 10.8 Å². The Labute approximate surface area is 172 Å². The van der Waals surface area contributed by atoms with Crippen LogP contribution in [-0.4, -0.2) is 46.6 Å². The van der Waals surface area contributed by atoms with Crippen LogP contribution in [0, 0.1) is 5.41 Å². The molecular weight excluding hydrogens is 382 g/mol. The van der Waals surface area contributed by atoms with E-state index >= 15 is 0 Å². The van der Waals surface area contributed by atoms with Gasteiger partial charge in [0.2, 0.25) is 0 Å². The number of Topliss-reactive ketones (excluding diaryl/α,β-unsaturated/α-hetero) is 1. The maximum Gasteiger partial charge on any atom is 0.348 e. The summed E-state index contributed by atoms with van der Waals surface area (Å²) >= 11 is 0. The molecule has 0 spiro atoms. The Morgan fingerprint density at radius 1 is 1.10 bits per heavy atom. The minimum atomic E-state index is -0.425. The van der Waals surface area contributed by atoms with Crippen LogP contribution in [-0.2, 0) is 6.42 Å². The number of fused-ring (bicyclic) bond motifs is 1. The summed E-state index contributed by atoms with van der Waals surface area (Å²) < 4.78 is 0. The molecular formula is C22H19N5O3. The summed E-state index contributed by atoms with van der Waals surface area (Å²) in [4.78, 5) is 34.2. The van der Waals surface area contributed by atoms with Gasteiger partial charge in [-0.2, -0.15) is 4.99 Å². The van der Waals surface area contributed by atoms with Crippen LogP contribution in [0.3, 0.4) is 0 Å². The Hall–Kier alpha value is -3.91. The Kier molecular flexibility index (Phi) is 5.07. The van der Waals surface area contributed by atoms with Gasteiger partial charge in [0.05, 0.1) is 25.3 Å². The molecule has 3 aromatic rings. The van der Waals surface area contributed by atoms with Gasteiger partial charge in [0, 0.05) is 34.1 Å². The fraction of sp³-hybridized carbons (Fsp3) is 0.136. The number of urea groups is 1. The van der Waals surface area contributed by atoms with E-state index < -0.39 is 6.03 Å². The molecule has 1 aliphatic rings. The smallest absolute Gasteiger partial charge is 0.348 e. The van der Waals surface area contributed by atoms with E-state index in [2.05, 4.69) is 9.98 Å². The molecule has 150 valence electrons. The van der Waals surface area contributed by atoms with Gasteiger partial charge in [-0.1, -0.05) is 12.1 Å². The molecule has 2 aromatic carbocycles. The molecule has 4 rings (SSSR count). The highest BCUT2D eigenvalue weighted by atomic mass is 16.3. The molecule has 30 heavy (non-hydrogen) atoms. The van der Waals surface area contributed by atoms with Gasteiger partial charge in [0.15, 0.2) is 5.78 Å². The second-order valence-electron chi connectivity index (χ2n) is 7.00. The molecule has 0 fully saturated rings. The van der Waals surface area contributed by atoms with Crippen molar-refractivity contribution in [2.24, 2.45) is 10.7 Å². The Morgan fingerprint density at radius 3 is 2.50 bits per heavy atom. The zero-order chi connectivity index (χ0) is 21.3. The van der Waals surface area contributed by atoms with E-state index in [1.165, 1.54) is 4.90 Å². The molecule has 0 saturated heterocycles. The molecule has 2 heterocycles. The third-order valence-corrected chi connectivity index (χ3v) is 4.94. The van der Waals surface area contributed by atoms with Crippen molar-refractivity contribution in [3.05, 3.63) is 71.5 Å². The summed E-state index contributed by atoms with van der Waals surface area (Å²) in [6.45, 7) is -0.0113. The average molecular weight is 401 g/mol. The quantitative estimate of drug-likeness (QED) is 0.331. The third-order valence-electron chi connectivity index (χ3n) is 4.94. The lowest BCUT2D eigenvalue weighted by Crippen LogP contribution is -2.26. The highest BCUT2D eigenvalue weighted by Crippen LogP contribution is 2.21. The summed E-state index contributed by atoms with van der Waals surface area (Å²) in [7, 11) is 0. The molecule has 2 amide bonds. The number of hydrogen-bond donors (Lipinski definition) is 3. The first-order valence-corrected chi connectivity index (χ1v) is 9.30. The third kappa shape index (κ3) is 3.81. The zero-order valence-electron chi connectivity index (χ0n) is 16.0. The number of nitrogen functional groups attached to an aromatic ring is 1. The normalized spacial score (nSPS) is 13.6. The summed E-state index contributed by atoms with van der Waals surface area (Å²) in [5, 5.41) is 18.4. The first-order chi connectivity index (χ1) is 14.4. The van der Waals surface area contributed by atoms with Crippen molar-refractivity contribution in [1.29, 1.82) is 5.41 Å². The molecule has 0 saturated carbocycles. The molecule has 8 heteroatoms. The number of benzene rings is 2. The lowest BCUT2D eigenvalue weighted by Gasteiger charge is -2.15. The number of aliphatic hydroxyl groups is 1. The number of nitrogens with zero attached hydrogens (tertiary/aromatic N) is 3. The van der Waals surface area contributed by atoms with Gasteiger partial charge in [-0.25, -0.2) is 4.79 Å². The average Bonchev–Trinajstić information content (AvgIpc) is 3.14. The number of aromatic nitrogens is 1. The number of nitrogens with one attached hydrogen (secondary N) is 1. The van der Waals surface area contributed by atoms with Crippen LogP contribution < -0.4 is 10.6 Å². The summed E-state index contributed by atoms with van der Waals surface area (Å²) in [6.07, 6.45) is 1.81. The number of amides is 2. The van der Waals surface area contributed by atoms with Gasteiger partial charge in [-0.05, 0) is 41.8 Å². The van der Waals surface area contributed by atoms with Crippen LogP contribution in [0.4, 0.5) is 10.5 Å². The van der Waals surface area contributed by atoms with E-state index in [9.17, 15) is 9.59 Å². The fourth-order valence-corrected chi connectivity index (χ4v) is 3.31. The monoisotopic (exact) mass is 401 g/mol. The number of aliphatic imine (C=N–C) groups is 1. The Balaban J connectivity index is 1.48. The molecule has 8 nitrogen and oxygen atoms in total. The van der Waals surface area contributed by atoms with Crippen molar-refractivity contribution in [2.45, 2.75) is 6.42 Å². The van der Waals surface area contributed by atoms with E-state index in [1.54, 1.807) is 42.6 Å². The molecule has 0 bridgehead atoms. The van der Waals surface area contributed by atoms with Crippen LogP contribution in [0.15, 0.2) is 59.7 Å². The first kappa shape index (κ1) is 19.4. The fourth-order valence-electron chi connectivity index (χ4n) is 3.31. The zero-order valence-corrected chi connectivity index (χ0v) is 16.0. The molecule has 1 aliphatic heterocycles. The highest BCUT2D eigenvalue weighted by Gasteiger charge is 2.24. The van der Waals surface area contributed by atoms with Gasteiger partial charge in [-0.15, -0.1) is 0 Å². The van der Waals surface area contributed by atoms with Gasteiger partial charge >= 0.3 is 6.03 Å².